The van der Waals surface area contributed by atoms with Crippen LogP contribution >= 0.6 is 11.3 Å². The summed E-state index contributed by atoms with van der Waals surface area (Å²) in [4.78, 5) is 38.9. The first-order chi connectivity index (χ1) is 13.0. The van der Waals surface area contributed by atoms with Gasteiger partial charge in [0, 0.05) is 36.7 Å². The van der Waals surface area contributed by atoms with Gasteiger partial charge in [-0.1, -0.05) is 19.9 Å². The maximum Gasteiger partial charge on any atom is 0.229 e. The van der Waals surface area contributed by atoms with E-state index in [-0.39, 0.29) is 23.5 Å². The van der Waals surface area contributed by atoms with Crippen molar-refractivity contribution in [3.63, 3.8) is 0 Å². The van der Waals surface area contributed by atoms with Gasteiger partial charge >= 0.3 is 0 Å². The van der Waals surface area contributed by atoms with Gasteiger partial charge in [-0.05, 0) is 48.1 Å². The second kappa shape index (κ2) is 8.48. The Bertz CT molecular complexity index is 843. The molecule has 27 heavy (non-hydrogen) atoms. The van der Waals surface area contributed by atoms with Crippen molar-refractivity contribution in [2.45, 2.75) is 39.5 Å². The number of rotatable bonds is 7. The van der Waals surface area contributed by atoms with E-state index in [9.17, 15) is 14.4 Å². The van der Waals surface area contributed by atoms with Gasteiger partial charge in [0.05, 0.1) is 4.88 Å². The summed E-state index contributed by atoms with van der Waals surface area (Å²) in [6.07, 6.45) is 2.02. The van der Waals surface area contributed by atoms with Gasteiger partial charge in [-0.25, -0.2) is 0 Å². The molecular weight excluding hydrogens is 360 g/mol. The van der Waals surface area contributed by atoms with Crippen molar-refractivity contribution < 1.29 is 14.4 Å². The lowest BCUT2D eigenvalue weighted by Gasteiger charge is -2.19. The third kappa shape index (κ3) is 4.63. The minimum atomic E-state index is -0.0953. The lowest BCUT2D eigenvalue weighted by atomic mass is 10.1. The van der Waals surface area contributed by atoms with Crippen LogP contribution in [0.3, 0.4) is 0 Å². The highest BCUT2D eigenvalue weighted by molar-refractivity contribution is 7.12. The standard InChI is InChI=1S/C21H24N2O3S/c1-14(2)21(26)23-11-10-15-13-16(8-9-17(15)23)22-20(25)7-3-5-18(24)19-6-4-12-27-19/h4,6,8-9,12-14H,3,5,7,10-11H2,1-2H3,(H,22,25). The number of hydrogen-bond donors (Lipinski definition) is 1. The van der Waals surface area contributed by atoms with Gasteiger partial charge in [-0.2, -0.15) is 0 Å². The van der Waals surface area contributed by atoms with Gasteiger partial charge in [-0.3, -0.25) is 14.4 Å². The third-order valence-corrected chi connectivity index (χ3v) is 5.53. The molecule has 0 saturated heterocycles. The Hall–Kier alpha value is -2.47. The van der Waals surface area contributed by atoms with E-state index in [2.05, 4.69) is 5.32 Å². The summed E-state index contributed by atoms with van der Waals surface area (Å²) in [6.45, 7) is 4.49. The SMILES string of the molecule is CC(C)C(=O)N1CCc2cc(NC(=O)CCCC(=O)c3cccs3)ccc21. The summed E-state index contributed by atoms with van der Waals surface area (Å²) >= 11 is 1.43. The van der Waals surface area contributed by atoms with Crippen molar-refractivity contribution in [3.8, 4) is 0 Å². The third-order valence-electron chi connectivity index (χ3n) is 4.62. The fraction of sp³-hybridized carbons (Fsp3) is 0.381. The molecule has 5 nitrogen and oxygen atoms in total. The molecule has 6 heteroatoms. The zero-order chi connectivity index (χ0) is 19.4. The van der Waals surface area contributed by atoms with Crippen LogP contribution in [0.15, 0.2) is 35.7 Å². The Morgan fingerprint density at radius 2 is 2.00 bits per heavy atom. The molecule has 142 valence electrons. The number of hydrogen-bond acceptors (Lipinski definition) is 4. The van der Waals surface area contributed by atoms with Crippen LogP contribution in [-0.4, -0.2) is 24.1 Å². The fourth-order valence-electron chi connectivity index (χ4n) is 3.21. The van der Waals surface area contributed by atoms with Gasteiger partial charge in [0.2, 0.25) is 11.8 Å². The van der Waals surface area contributed by atoms with Crippen molar-refractivity contribution in [3.05, 3.63) is 46.2 Å². The first-order valence-electron chi connectivity index (χ1n) is 9.26. The lowest BCUT2D eigenvalue weighted by Crippen LogP contribution is -2.32. The Labute approximate surface area is 163 Å². The first kappa shape index (κ1) is 19.3. The summed E-state index contributed by atoms with van der Waals surface area (Å²) in [5.74, 6) is 0.0837. The molecule has 0 fully saturated rings. The van der Waals surface area contributed by atoms with Gasteiger partial charge < -0.3 is 10.2 Å². The van der Waals surface area contributed by atoms with Crippen LogP contribution in [-0.2, 0) is 16.0 Å². The molecule has 2 amide bonds. The average molecular weight is 385 g/mol. The molecule has 3 rings (SSSR count). The average Bonchev–Trinajstić information content (AvgIpc) is 3.30. The zero-order valence-electron chi connectivity index (χ0n) is 15.7. The fourth-order valence-corrected chi connectivity index (χ4v) is 3.91. The summed E-state index contributed by atoms with van der Waals surface area (Å²) in [7, 11) is 0. The Morgan fingerprint density at radius 3 is 2.70 bits per heavy atom. The van der Waals surface area contributed by atoms with Crippen molar-refractivity contribution >= 4 is 40.3 Å². The topological polar surface area (TPSA) is 66.5 Å². The Kier molecular flexibility index (Phi) is 6.06. The maximum atomic E-state index is 12.3. The molecule has 2 aromatic rings. The number of ketones is 1. The number of nitrogens with zero attached hydrogens (tertiary/aromatic N) is 1. The van der Waals surface area contributed by atoms with Gasteiger partial charge in [0.25, 0.3) is 0 Å². The molecule has 1 aliphatic heterocycles. The van der Waals surface area contributed by atoms with Crippen molar-refractivity contribution in [1.29, 1.82) is 0 Å². The molecule has 0 unspecified atom stereocenters. The number of carbonyl (C=O) groups is 3. The smallest absolute Gasteiger partial charge is 0.229 e. The molecule has 0 spiro atoms. The van der Waals surface area contributed by atoms with Crippen molar-refractivity contribution in [2.75, 3.05) is 16.8 Å². The number of carbonyl (C=O) groups excluding carboxylic acids is 3. The highest BCUT2D eigenvalue weighted by atomic mass is 32.1. The van der Waals surface area contributed by atoms with Crippen LogP contribution in [0.2, 0.25) is 0 Å². The first-order valence-corrected chi connectivity index (χ1v) is 10.1. The molecule has 1 aromatic heterocycles. The molecule has 1 aliphatic rings. The summed E-state index contributed by atoms with van der Waals surface area (Å²) in [5, 5.41) is 4.77. The second-order valence-electron chi connectivity index (χ2n) is 7.04. The number of nitrogens with one attached hydrogen (secondary N) is 1. The second-order valence-corrected chi connectivity index (χ2v) is 7.99. The monoisotopic (exact) mass is 384 g/mol. The molecule has 0 aliphatic carbocycles. The Morgan fingerprint density at radius 1 is 1.19 bits per heavy atom. The van der Waals surface area contributed by atoms with Crippen LogP contribution in [0, 0.1) is 5.92 Å². The highest BCUT2D eigenvalue weighted by Crippen LogP contribution is 2.31. The predicted octanol–water partition coefficient (Wildman–Crippen LogP) is 4.28. The van der Waals surface area contributed by atoms with Crippen LogP contribution in [0.25, 0.3) is 0 Å². The normalized spacial score (nSPS) is 12.9. The molecular formula is C21H24N2O3S. The molecule has 1 aromatic carbocycles. The van der Waals surface area contributed by atoms with Crippen molar-refractivity contribution in [1.82, 2.24) is 0 Å². The van der Waals surface area contributed by atoms with E-state index in [1.165, 1.54) is 11.3 Å². The Balaban J connectivity index is 1.52. The van der Waals surface area contributed by atoms with E-state index in [0.717, 1.165) is 28.2 Å². The van der Waals surface area contributed by atoms with Crippen LogP contribution in [0.1, 0.15) is 48.3 Å². The molecule has 0 saturated carbocycles. The minimum Gasteiger partial charge on any atom is -0.326 e. The molecule has 0 atom stereocenters. The summed E-state index contributed by atoms with van der Waals surface area (Å²) < 4.78 is 0. The number of anilines is 2. The van der Waals surface area contributed by atoms with E-state index in [4.69, 9.17) is 0 Å². The van der Waals surface area contributed by atoms with E-state index in [0.29, 0.717) is 25.8 Å². The van der Waals surface area contributed by atoms with Crippen LogP contribution in [0.4, 0.5) is 11.4 Å². The van der Waals surface area contributed by atoms with Crippen LogP contribution < -0.4 is 10.2 Å². The van der Waals surface area contributed by atoms with Gasteiger partial charge in [0.1, 0.15) is 0 Å². The molecule has 2 heterocycles. The number of fused-ring (bicyclic) bond motifs is 1. The summed E-state index contributed by atoms with van der Waals surface area (Å²) in [6, 6.07) is 9.34. The highest BCUT2D eigenvalue weighted by Gasteiger charge is 2.26. The van der Waals surface area contributed by atoms with Gasteiger partial charge in [0.15, 0.2) is 5.78 Å². The number of thiophene rings is 1. The number of amides is 2. The number of Topliss-reactive ketones (excluding diaryl/α,β-unsaturated/α-hetero) is 1. The lowest BCUT2D eigenvalue weighted by molar-refractivity contribution is -0.121. The molecule has 0 bridgehead atoms. The molecule has 0 radical (unpaired) electrons. The van der Waals surface area contributed by atoms with E-state index in [1.54, 1.807) is 0 Å². The van der Waals surface area contributed by atoms with E-state index < -0.39 is 0 Å². The van der Waals surface area contributed by atoms with Crippen LogP contribution in [0.5, 0.6) is 0 Å². The zero-order valence-corrected chi connectivity index (χ0v) is 16.5. The molecule has 1 N–H and O–H groups in total. The van der Waals surface area contributed by atoms with Gasteiger partial charge in [-0.15, -0.1) is 11.3 Å². The maximum absolute atomic E-state index is 12.3. The summed E-state index contributed by atoms with van der Waals surface area (Å²) in [5.41, 5.74) is 2.75. The number of benzene rings is 1. The van der Waals surface area contributed by atoms with E-state index in [1.807, 2.05) is 54.5 Å². The van der Waals surface area contributed by atoms with Crippen molar-refractivity contribution in [2.24, 2.45) is 5.92 Å². The quantitative estimate of drug-likeness (QED) is 0.725. The minimum absolute atomic E-state index is 0.0350. The largest absolute Gasteiger partial charge is 0.326 e. The predicted molar refractivity (Wildman–Crippen MR) is 108 cm³/mol. The van der Waals surface area contributed by atoms with E-state index >= 15 is 0 Å².